The van der Waals surface area contributed by atoms with E-state index in [0.29, 0.717) is 5.11 Å². The van der Waals surface area contributed by atoms with E-state index in [4.69, 9.17) is 28.8 Å². The predicted molar refractivity (Wildman–Crippen MR) is 175 cm³/mol. The van der Waals surface area contributed by atoms with Crippen molar-refractivity contribution >= 4 is 40.3 Å². The summed E-state index contributed by atoms with van der Waals surface area (Å²) in [6.07, 6.45) is 4.24. The largest absolute Gasteiger partial charge is 0.370 e. The Bertz CT molecular complexity index is 1570. The van der Waals surface area contributed by atoms with E-state index < -0.39 is 0 Å². The summed E-state index contributed by atoms with van der Waals surface area (Å²) in [5.41, 5.74) is 10.3. The quantitative estimate of drug-likeness (QED) is 0.240. The molecule has 5 nitrogen and oxygen atoms in total. The zero-order chi connectivity index (χ0) is 28.8. The van der Waals surface area contributed by atoms with Crippen molar-refractivity contribution in [2.75, 3.05) is 22.9 Å². The van der Waals surface area contributed by atoms with Gasteiger partial charge in [-0.2, -0.15) is 0 Å². The fraction of sp³-hybridized carbons (Fsp3) is 0.353. The zero-order valence-electron chi connectivity index (χ0n) is 24.5. The molecule has 6 rings (SSSR count). The van der Waals surface area contributed by atoms with Gasteiger partial charge in [0.2, 0.25) is 0 Å². The summed E-state index contributed by atoms with van der Waals surface area (Å²) in [4.78, 5) is 9.40. The molecular weight excluding hydrogens is 546 g/mol. The Morgan fingerprint density at radius 1 is 0.902 bits per heavy atom. The third-order valence-electron chi connectivity index (χ3n) is 8.69. The molecule has 2 aromatic heterocycles. The smallest absolute Gasteiger partial charge is 0.174 e. The van der Waals surface area contributed by atoms with E-state index in [1.54, 1.807) is 0 Å². The number of benzene rings is 2. The molecule has 4 heterocycles. The molecule has 41 heavy (non-hydrogen) atoms. The first-order chi connectivity index (χ1) is 19.7. The molecule has 2 aromatic carbocycles. The van der Waals surface area contributed by atoms with Crippen LogP contribution in [0.4, 0.5) is 11.4 Å². The first kappa shape index (κ1) is 27.8. The predicted octanol–water partition coefficient (Wildman–Crippen LogP) is 8.17. The Hall–Kier alpha value is -3.35. The third-order valence-corrected chi connectivity index (χ3v) is 9.30. The van der Waals surface area contributed by atoms with Crippen LogP contribution in [-0.4, -0.2) is 27.8 Å². The average molecular weight is 584 g/mol. The molecule has 4 aromatic rings. The van der Waals surface area contributed by atoms with Gasteiger partial charge in [-0.1, -0.05) is 30.7 Å². The molecule has 2 aliphatic heterocycles. The molecule has 2 atom stereocenters. The van der Waals surface area contributed by atoms with Crippen LogP contribution in [0.5, 0.6) is 0 Å². The van der Waals surface area contributed by atoms with Gasteiger partial charge in [0.15, 0.2) is 5.11 Å². The Labute approximate surface area is 254 Å². The van der Waals surface area contributed by atoms with Gasteiger partial charge in [0, 0.05) is 42.0 Å². The summed E-state index contributed by atoms with van der Waals surface area (Å²) in [6.45, 7) is 13.1. The number of thiocarbonyl (C=S) groups is 1. The van der Waals surface area contributed by atoms with Crippen LogP contribution in [0, 0.1) is 33.6 Å². The number of aryl methyl sites for hydroxylation is 3. The first-order valence-corrected chi connectivity index (χ1v) is 15.3. The fourth-order valence-electron chi connectivity index (χ4n) is 6.66. The molecule has 0 aliphatic carbocycles. The second-order valence-corrected chi connectivity index (χ2v) is 12.6. The lowest BCUT2D eigenvalue weighted by atomic mass is 9.96. The van der Waals surface area contributed by atoms with Crippen LogP contribution in [0.2, 0.25) is 5.02 Å². The van der Waals surface area contributed by atoms with E-state index in [9.17, 15) is 0 Å². The fourth-order valence-corrected chi connectivity index (χ4v) is 7.30. The molecule has 212 valence electrons. The maximum atomic E-state index is 6.99. The molecule has 0 radical (unpaired) electrons. The third kappa shape index (κ3) is 5.24. The monoisotopic (exact) mass is 583 g/mol. The number of piperidine rings is 1. The number of hydrogen-bond acceptors (Lipinski definition) is 3. The molecular formula is C34H38ClN5S. The molecule has 7 heteroatoms. The number of halogens is 1. The van der Waals surface area contributed by atoms with Crippen molar-refractivity contribution in [2.45, 2.75) is 59.5 Å². The molecule has 0 saturated carbocycles. The van der Waals surface area contributed by atoms with Crippen molar-refractivity contribution in [3.8, 4) is 5.69 Å². The van der Waals surface area contributed by atoms with Crippen LogP contribution in [0.1, 0.15) is 65.6 Å². The van der Waals surface area contributed by atoms with Crippen LogP contribution in [-0.2, 0) is 0 Å². The van der Waals surface area contributed by atoms with Gasteiger partial charge in [0.1, 0.15) is 0 Å². The average Bonchev–Trinajstić information content (AvgIpc) is 3.44. The zero-order valence-corrected chi connectivity index (χ0v) is 26.1. The highest BCUT2D eigenvalue weighted by Crippen LogP contribution is 2.45. The van der Waals surface area contributed by atoms with Crippen LogP contribution in [0.15, 0.2) is 66.9 Å². The van der Waals surface area contributed by atoms with E-state index >= 15 is 0 Å². The van der Waals surface area contributed by atoms with Crippen LogP contribution in [0.3, 0.4) is 0 Å². The van der Waals surface area contributed by atoms with Crippen LogP contribution < -0.4 is 15.1 Å². The van der Waals surface area contributed by atoms with E-state index in [1.165, 1.54) is 46.6 Å². The minimum atomic E-state index is -0.112. The summed E-state index contributed by atoms with van der Waals surface area (Å²) in [6, 6.07) is 21.3. The van der Waals surface area contributed by atoms with Gasteiger partial charge < -0.3 is 19.7 Å². The van der Waals surface area contributed by atoms with Crippen molar-refractivity contribution in [1.82, 2.24) is 14.9 Å². The molecule has 2 aliphatic rings. The number of anilines is 2. The van der Waals surface area contributed by atoms with Crippen LogP contribution >= 0.6 is 23.8 Å². The number of hydrogen-bond donors (Lipinski definition) is 1. The lowest BCUT2D eigenvalue weighted by Crippen LogP contribution is -2.33. The molecule has 0 spiro atoms. The summed E-state index contributed by atoms with van der Waals surface area (Å²) in [5.74, 6) is 0.768. The highest BCUT2D eigenvalue weighted by molar-refractivity contribution is 7.80. The standard InChI is InChI=1S/C34H38ClN5S/c1-21-11-14-38(15-12-21)31-10-9-26(20-29(31)35)40-33(32(37-34(40)41)30-8-6-7-13-36-30)28-19-24(4)39(25(28)5)27-17-22(2)16-23(3)18-27/h6-10,13,16-21,32-33H,11-12,14-15H2,1-5H3,(H,37,41). The SMILES string of the molecule is Cc1cc(C)cc(-n2c(C)cc(C3C(c4ccccn4)NC(=S)N3c3ccc(N4CCC(C)CC4)c(Cl)c3)c2C)c1. The van der Waals surface area contributed by atoms with Gasteiger partial charge in [-0.15, -0.1) is 0 Å². The van der Waals surface area contributed by atoms with E-state index in [2.05, 4.69) is 103 Å². The number of pyridine rings is 1. The van der Waals surface area contributed by atoms with E-state index in [0.717, 1.165) is 41.1 Å². The summed E-state index contributed by atoms with van der Waals surface area (Å²) >= 11 is 13.0. The van der Waals surface area contributed by atoms with E-state index in [1.807, 2.05) is 18.3 Å². The molecule has 0 amide bonds. The summed E-state index contributed by atoms with van der Waals surface area (Å²) in [5, 5.41) is 5.06. The molecule has 0 bridgehead atoms. The van der Waals surface area contributed by atoms with Gasteiger partial charge >= 0.3 is 0 Å². The Kier molecular flexibility index (Phi) is 7.56. The van der Waals surface area contributed by atoms with Crippen molar-refractivity contribution in [1.29, 1.82) is 0 Å². The molecule has 2 unspecified atom stereocenters. The first-order valence-electron chi connectivity index (χ1n) is 14.5. The topological polar surface area (TPSA) is 36.3 Å². The van der Waals surface area contributed by atoms with Gasteiger partial charge in [-0.3, -0.25) is 4.98 Å². The summed E-state index contributed by atoms with van der Waals surface area (Å²) < 4.78 is 2.36. The second kappa shape index (κ2) is 11.1. The van der Waals surface area contributed by atoms with Crippen molar-refractivity contribution < 1.29 is 0 Å². The minimum Gasteiger partial charge on any atom is -0.370 e. The lowest BCUT2D eigenvalue weighted by molar-refractivity contribution is 0.438. The highest BCUT2D eigenvalue weighted by atomic mass is 35.5. The van der Waals surface area contributed by atoms with Crippen molar-refractivity contribution in [2.24, 2.45) is 5.92 Å². The Balaban J connectivity index is 1.45. The summed E-state index contributed by atoms with van der Waals surface area (Å²) in [7, 11) is 0. The van der Waals surface area contributed by atoms with E-state index in [-0.39, 0.29) is 12.1 Å². The second-order valence-electron chi connectivity index (χ2n) is 11.8. The Morgan fingerprint density at radius 2 is 1.63 bits per heavy atom. The van der Waals surface area contributed by atoms with Crippen molar-refractivity contribution in [3.63, 3.8) is 0 Å². The van der Waals surface area contributed by atoms with Gasteiger partial charge in [0.25, 0.3) is 0 Å². The highest BCUT2D eigenvalue weighted by Gasteiger charge is 2.42. The minimum absolute atomic E-state index is 0.0963. The molecule has 2 saturated heterocycles. The van der Waals surface area contributed by atoms with Gasteiger partial charge in [-0.05, 0) is 124 Å². The number of nitrogens with one attached hydrogen (secondary N) is 1. The van der Waals surface area contributed by atoms with Crippen molar-refractivity contribution in [3.05, 3.63) is 106 Å². The van der Waals surface area contributed by atoms with Gasteiger partial charge in [-0.25, -0.2) is 0 Å². The Morgan fingerprint density at radius 3 is 2.29 bits per heavy atom. The lowest BCUT2D eigenvalue weighted by Gasteiger charge is -2.33. The number of nitrogens with zero attached hydrogens (tertiary/aromatic N) is 4. The maximum absolute atomic E-state index is 6.99. The molecule has 1 N–H and O–H groups in total. The van der Waals surface area contributed by atoms with Gasteiger partial charge in [0.05, 0.1) is 28.5 Å². The number of rotatable bonds is 5. The number of aromatic nitrogens is 2. The molecule has 2 fully saturated rings. The normalized spacial score (nSPS) is 19.6. The van der Waals surface area contributed by atoms with Crippen LogP contribution in [0.25, 0.3) is 5.69 Å². The maximum Gasteiger partial charge on any atom is 0.174 e.